The number of hydrogen-bond donors (Lipinski definition) is 1. The molecule has 22 heavy (non-hydrogen) atoms. The smallest absolute Gasteiger partial charge is 0.328 e. The molecule has 1 aliphatic rings. The van der Waals surface area contributed by atoms with Gasteiger partial charge in [0.2, 0.25) is 0 Å². The van der Waals surface area contributed by atoms with Gasteiger partial charge in [0, 0.05) is 35.8 Å². The van der Waals surface area contributed by atoms with Gasteiger partial charge in [-0.05, 0) is 49.6 Å². The van der Waals surface area contributed by atoms with Crippen molar-refractivity contribution in [3.05, 3.63) is 41.9 Å². The summed E-state index contributed by atoms with van der Waals surface area (Å²) in [4.78, 5) is 10.8. The minimum absolute atomic E-state index is 0.117. The highest BCUT2D eigenvalue weighted by molar-refractivity contribution is 5.88. The molecule has 0 radical (unpaired) electrons. The van der Waals surface area contributed by atoms with Gasteiger partial charge >= 0.3 is 5.97 Å². The summed E-state index contributed by atoms with van der Waals surface area (Å²) in [7, 11) is 0. The van der Waals surface area contributed by atoms with Crippen molar-refractivity contribution in [3.8, 4) is 0 Å². The molecule has 2 heterocycles. The average Bonchev–Trinajstić information content (AvgIpc) is 2.83. The summed E-state index contributed by atoms with van der Waals surface area (Å²) in [5.41, 5.74) is 1.64. The molecule has 5 heteroatoms. The van der Waals surface area contributed by atoms with Gasteiger partial charge in [-0.3, -0.25) is 0 Å². The van der Waals surface area contributed by atoms with Gasteiger partial charge in [-0.1, -0.05) is 0 Å². The van der Waals surface area contributed by atoms with E-state index in [-0.39, 0.29) is 11.9 Å². The maximum absolute atomic E-state index is 13.4. The number of fused-ring (bicyclic) bond motifs is 1. The third-order valence-electron chi connectivity index (χ3n) is 3.95. The molecule has 0 spiro atoms. The molecule has 116 valence electrons. The molecule has 1 aliphatic heterocycles. The molecule has 0 aliphatic carbocycles. The Morgan fingerprint density at radius 1 is 1.41 bits per heavy atom. The molecular weight excluding hydrogens is 285 g/mol. The second-order valence-electron chi connectivity index (χ2n) is 5.54. The largest absolute Gasteiger partial charge is 0.478 e. The van der Waals surface area contributed by atoms with E-state index in [0.717, 1.165) is 48.5 Å². The van der Waals surface area contributed by atoms with E-state index in [1.54, 1.807) is 18.2 Å². The molecule has 1 fully saturated rings. The lowest BCUT2D eigenvalue weighted by molar-refractivity contribution is -0.131. The number of rotatable bonds is 4. The molecule has 1 aromatic carbocycles. The Hall–Kier alpha value is -2.14. The molecule has 0 bridgehead atoms. The molecule has 1 unspecified atom stereocenters. The van der Waals surface area contributed by atoms with Crippen LogP contribution >= 0.6 is 0 Å². The Labute approximate surface area is 127 Å². The highest BCUT2D eigenvalue weighted by atomic mass is 19.1. The molecule has 1 saturated heterocycles. The van der Waals surface area contributed by atoms with Crippen LogP contribution in [0.5, 0.6) is 0 Å². The number of carboxylic acids is 1. The lowest BCUT2D eigenvalue weighted by Gasteiger charge is -2.24. The van der Waals surface area contributed by atoms with Crippen LogP contribution in [0.4, 0.5) is 4.39 Å². The Morgan fingerprint density at radius 3 is 3.00 bits per heavy atom. The fourth-order valence-electron chi connectivity index (χ4n) is 2.92. The van der Waals surface area contributed by atoms with Crippen molar-refractivity contribution in [1.29, 1.82) is 0 Å². The van der Waals surface area contributed by atoms with Crippen molar-refractivity contribution in [2.24, 2.45) is 0 Å². The van der Waals surface area contributed by atoms with Gasteiger partial charge in [0.05, 0.1) is 6.10 Å². The van der Waals surface area contributed by atoms with E-state index in [1.807, 2.05) is 4.57 Å². The van der Waals surface area contributed by atoms with Crippen molar-refractivity contribution in [2.45, 2.75) is 31.9 Å². The normalized spacial score (nSPS) is 19.0. The SMILES string of the molecule is O=C(O)/C=C/c1cc2cc(F)ccc2n1CC1CCCCO1. The zero-order chi connectivity index (χ0) is 15.5. The van der Waals surface area contributed by atoms with E-state index in [4.69, 9.17) is 9.84 Å². The van der Waals surface area contributed by atoms with Crippen molar-refractivity contribution in [1.82, 2.24) is 4.57 Å². The Morgan fingerprint density at radius 2 is 2.27 bits per heavy atom. The lowest BCUT2D eigenvalue weighted by atomic mass is 10.1. The third kappa shape index (κ3) is 3.20. The molecule has 0 saturated carbocycles. The van der Waals surface area contributed by atoms with Crippen molar-refractivity contribution >= 4 is 22.9 Å². The number of nitrogens with zero attached hydrogens (tertiary/aromatic N) is 1. The maximum Gasteiger partial charge on any atom is 0.328 e. The van der Waals surface area contributed by atoms with Crippen LogP contribution in [0.15, 0.2) is 30.3 Å². The maximum atomic E-state index is 13.4. The highest BCUT2D eigenvalue weighted by Gasteiger charge is 2.17. The van der Waals surface area contributed by atoms with Gasteiger partial charge in [-0.15, -0.1) is 0 Å². The van der Waals surface area contributed by atoms with Gasteiger partial charge in [0.1, 0.15) is 5.82 Å². The van der Waals surface area contributed by atoms with E-state index in [1.165, 1.54) is 12.1 Å². The fourth-order valence-corrected chi connectivity index (χ4v) is 2.92. The molecule has 1 atom stereocenters. The van der Waals surface area contributed by atoms with Crippen LogP contribution < -0.4 is 0 Å². The molecule has 4 nitrogen and oxygen atoms in total. The average molecular weight is 303 g/mol. The van der Waals surface area contributed by atoms with Crippen molar-refractivity contribution in [3.63, 3.8) is 0 Å². The Bertz CT molecular complexity index is 714. The van der Waals surface area contributed by atoms with Gasteiger partial charge < -0.3 is 14.4 Å². The number of benzene rings is 1. The Kier molecular flexibility index (Phi) is 4.24. The summed E-state index contributed by atoms with van der Waals surface area (Å²) >= 11 is 0. The minimum Gasteiger partial charge on any atom is -0.478 e. The van der Waals surface area contributed by atoms with Crippen LogP contribution in [0.25, 0.3) is 17.0 Å². The summed E-state index contributed by atoms with van der Waals surface area (Å²) in [5.74, 6) is -1.30. The van der Waals surface area contributed by atoms with Crippen molar-refractivity contribution < 1.29 is 19.0 Å². The first kappa shape index (κ1) is 14.8. The monoisotopic (exact) mass is 303 g/mol. The summed E-state index contributed by atoms with van der Waals surface area (Å²) in [6, 6.07) is 6.42. The molecule has 0 amide bonds. The summed E-state index contributed by atoms with van der Waals surface area (Å²) < 4.78 is 21.2. The van der Waals surface area contributed by atoms with E-state index in [9.17, 15) is 9.18 Å². The predicted octanol–water partition coefficient (Wildman–Crippen LogP) is 3.45. The summed E-state index contributed by atoms with van der Waals surface area (Å²) in [6.45, 7) is 1.41. The standard InChI is InChI=1S/C17H18FNO3/c18-13-4-6-16-12(9-13)10-14(5-7-17(20)21)19(16)11-15-3-1-2-8-22-15/h4-7,9-10,15H,1-3,8,11H2,(H,20,21)/b7-5+. The van der Waals surface area contributed by atoms with E-state index in [0.29, 0.717) is 6.54 Å². The van der Waals surface area contributed by atoms with Crippen LogP contribution in [0.2, 0.25) is 0 Å². The van der Waals surface area contributed by atoms with Crippen LogP contribution in [0.1, 0.15) is 25.0 Å². The topological polar surface area (TPSA) is 51.5 Å². The highest BCUT2D eigenvalue weighted by Crippen LogP contribution is 2.24. The summed E-state index contributed by atoms with van der Waals surface area (Å²) in [5, 5.41) is 9.59. The Balaban J connectivity index is 1.99. The molecule has 1 N–H and O–H groups in total. The number of aliphatic carboxylic acids is 1. The summed E-state index contributed by atoms with van der Waals surface area (Å²) in [6.07, 6.45) is 5.97. The second kappa shape index (κ2) is 6.32. The van der Waals surface area contributed by atoms with E-state index >= 15 is 0 Å². The number of carbonyl (C=O) groups is 1. The molecule has 3 rings (SSSR count). The zero-order valence-electron chi connectivity index (χ0n) is 12.2. The van der Waals surface area contributed by atoms with Crippen LogP contribution in [0, 0.1) is 5.82 Å². The molecular formula is C17H18FNO3. The van der Waals surface area contributed by atoms with Crippen LogP contribution in [-0.4, -0.2) is 28.4 Å². The third-order valence-corrected chi connectivity index (χ3v) is 3.95. The number of halogens is 1. The van der Waals surface area contributed by atoms with Crippen molar-refractivity contribution in [2.75, 3.05) is 6.61 Å². The van der Waals surface area contributed by atoms with E-state index in [2.05, 4.69) is 0 Å². The first-order chi connectivity index (χ1) is 10.6. The van der Waals surface area contributed by atoms with Gasteiger partial charge in [0.25, 0.3) is 0 Å². The fraction of sp³-hybridized carbons (Fsp3) is 0.353. The lowest BCUT2D eigenvalue weighted by Crippen LogP contribution is -2.24. The second-order valence-corrected chi connectivity index (χ2v) is 5.54. The zero-order valence-corrected chi connectivity index (χ0v) is 12.2. The minimum atomic E-state index is -1.00. The number of hydrogen-bond acceptors (Lipinski definition) is 2. The molecule has 1 aromatic heterocycles. The van der Waals surface area contributed by atoms with Gasteiger partial charge in [-0.25, -0.2) is 9.18 Å². The quantitative estimate of drug-likeness (QED) is 0.880. The van der Waals surface area contributed by atoms with E-state index < -0.39 is 5.97 Å². The number of ether oxygens (including phenoxy) is 1. The predicted molar refractivity (Wildman–Crippen MR) is 82.2 cm³/mol. The van der Waals surface area contributed by atoms with Gasteiger partial charge in [0.15, 0.2) is 0 Å². The number of aromatic nitrogens is 1. The van der Waals surface area contributed by atoms with Crippen LogP contribution in [0.3, 0.4) is 0 Å². The van der Waals surface area contributed by atoms with Gasteiger partial charge in [-0.2, -0.15) is 0 Å². The molecule has 2 aromatic rings. The first-order valence-corrected chi connectivity index (χ1v) is 7.45. The number of carboxylic acid groups (broad SMARTS) is 1. The first-order valence-electron chi connectivity index (χ1n) is 7.45. The van der Waals surface area contributed by atoms with Crippen LogP contribution in [-0.2, 0) is 16.1 Å².